The van der Waals surface area contributed by atoms with E-state index >= 15 is 0 Å². The highest BCUT2D eigenvalue weighted by Gasteiger charge is 2.19. The van der Waals surface area contributed by atoms with Crippen LogP contribution in [0, 0.1) is 0 Å². The summed E-state index contributed by atoms with van der Waals surface area (Å²) < 4.78 is 11.0. The third kappa shape index (κ3) is 4.22. The predicted octanol–water partition coefficient (Wildman–Crippen LogP) is 2.08. The molecule has 1 heterocycles. The van der Waals surface area contributed by atoms with Crippen LogP contribution < -0.4 is 5.32 Å². The fourth-order valence-corrected chi connectivity index (χ4v) is 1.79. The summed E-state index contributed by atoms with van der Waals surface area (Å²) in [6.07, 6.45) is 5.72. The van der Waals surface area contributed by atoms with Crippen molar-refractivity contribution in [2.24, 2.45) is 0 Å². The van der Waals surface area contributed by atoms with Crippen molar-refractivity contribution in [1.82, 2.24) is 5.32 Å². The van der Waals surface area contributed by atoms with Crippen LogP contribution in [0.15, 0.2) is 11.8 Å². The minimum atomic E-state index is 0.264. The predicted molar refractivity (Wildman–Crippen MR) is 61.8 cm³/mol. The van der Waals surface area contributed by atoms with Gasteiger partial charge in [-0.2, -0.15) is 0 Å². The second-order valence-electron chi connectivity index (χ2n) is 3.99. The first-order valence-electron chi connectivity index (χ1n) is 5.87. The number of ether oxygens (including phenoxy) is 2. The molecule has 0 aliphatic carbocycles. The van der Waals surface area contributed by atoms with Gasteiger partial charge in [0.2, 0.25) is 0 Å². The first kappa shape index (κ1) is 12.5. The molecule has 1 aliphatic heterocycles. The van der Waals surface area contributed by atoms with Gasteiger partial charge in [0.25, 0.3) is 0 Å². The Bertz CT molecular complexity index is 204. The Labute approximate surface area is 92.8 Å². The van der Waals surface area contributed by atoms with Crippen molar-refractivity contribution >= 4 is 0 Å². The number of likely N-dealkylation sites (N-methyl/N-ethyl adjacent to an activating group) is 1. The SMILES string of the molecule is CCNC(CC(C)OC)C1=CCCCO1. The van der Waals surface area contributed by atoms with Crippen molar-refractivity contribution in [2.45, 2.75) is 45.3 Å². The molecule has 2 atom stereocenters. The second kappa shape index (κ2) is 6.85. The molecule has 0 aromatic rings. The average molecular weight is 213 g/mol. The Kier molecular flexibility index (Phi) is 5.73. The molecular formula is C12H23NO2. The topological polar surface area (TPSA) is 30.5 Å². The fraction of sp³-hybridized carbons (Fsp3) is 0.833. The highest BCUT2D eigenvalue weighted by atomic mass is 16.5. The zero-order valence-corrected chi connectivity index (χ0v) is 10.1. The summed E-state index contributed by atoms with van der Waals surface area (Å²) in [6, 6.07) is 0.310. The molecule has 15 heavy (non-hydrogen) atoms. The lowest BCUT2D eigenvalue weighted by molar-refractivity contribution is 0.0893. The molecule has 0 aromatic carbocycles. The lowest BCUT2D eigenvalue weighted by Gasteiger charge is -2.26. The van der Waals surface area contributed by atoms with Crippen LogP contribution in [0.2, 0.25) is 0 Å². The van der Waals surface area contributed by atoms with Gasteiger partial charge in [-0.25, -0.2) is 0 Å². The van der Waals surface area contributed by atoms with Crippen molar-refractivity contribution in [3.63, 3.8) is 0 Å². The molecule has 0 radical (unpaired) electrons. The van der Waals surface area contributed by atoms with Crippen LogP contribution >= 0.6 is 0 Å². The summed E-state index contributed by atoms with van der Waals surface area (Å²) >= 11 is 0. The Morgan fingerprint density at radius 1 is 1.60 bits per heavy atom. The summed E-state index contributed by atoms with van der Waals surface area (Å²) in [4.78, 5) is 0. The Morgan fingerprint density at radius 3 is 2.93 bits per heavy atom. The van der Waals surface area contributed by atoms with Crippen LogP contribution in [-0.2, 0) is 9.47 Å². The van der Waals surface area contributed by atoms with E-state index in [0.29, 0.717) is 6.04 Å². The van der Waals surface area contributed by atoms with Gasteiger partial charge in [0.15, 0.2) is 0 Å². The van der Waals surface area contributed by atoms with Gasteiger partial charge >= 0.3 is 0 Å². The van der Waals surface area contributed by atoms with Gasteiger partial charge in [0.05, 0.1) is 18.8 Å². The second-order valence-corrected chi connectivity index (χ2v) is 3.99. The minimum Gasteiger partial charge on any atom is -0.497 e. The Hall–Kier alpha value is -0.540. The standard InChI is InChI=1S/C12H23NO2/c1-4-13-11(9-10(2)14-3)12-7-5-6-8-15-12/h7,10-11,13H,4-6,8-9H2,1-3H3. The number of methoxy groups -OCH3 is 1. The molecule has 0 bridgehead atoms. The quantitative estimate of drug-likeness (QED) is 0.733. The molecule has 0 amide bonds. The average Bonchev–Trinajstić information content (AvgIpc) is 2.29. The smallest absolute Gasteiger partial charge is 0.109 e. The van der Waals surface area contributed by atoms with Gasteiger partial charge in [0.1, 0.15) is 5.76 Å². The van der Waals surface area contributed by atoms with E-state index in [4.69, 9.17) is 9.47 Å². The monoisotopic (exact) mass is 213 g/mol. The van der Waals surface area contributed by atoms with Crippen molar-refractivity contribution in [3.8, 4) is 0 Å². The number of allylic oxidation sites excluding steroid dienone is 1. The Morgan fingerprint density at radius 2 is 2.40 bits per heavy atom. The third-order valence-corrected chi connectivity index (χ3v) is 2.73. The highest BCUT2D eigenvalue weighted by molar-refractivity contribution is 5.05. The van der Waals surface area contributed by atoms with Crippen molar-refractivity contribution in [2.75, 3.05) is 20.3 Å². The lowest BCUT2D eigenvalue weighted by Crippen LogP contribution is -2.35. The largest absolute Gasteiger partial charge is 0.497 e. The maximum atomic E-state index is 5.68. The van der Waals surface area contributed by atoms with E-state index in [2.05, 4.69) is 25.2 Å². The minimum absolute atomic E-state index is 0.264. The van der Waals surface area contributed by atoms with E-state index < -0.39 is 0 Å². The number of nitrogens with one attached hydrogen (secondary N) is 1. The van der Waals surface area contributed by atoms with E-state index in [1.54, 1.807) is 7.11 Å². The van der Waals surface area contributed by atoms with Crippen LogP contribution in [0.1, 0.15) is 33.1 Å². The normalized spacial score (nSPS) is 20.3. The lowest BCUT2D eigenvalue weighted by atomic mass is 10.1. The van der Waals surface area contributed by atoms with Crippen LogP contribution in [-0.4, -0.2) is 32.4 Å². The van der Waals surface area contributed by atoms with E-state index in [1.807, 2.05) is 0 Å². The molecular weight excluding hydrogens is 190 g/mol. The molecule has 1 rings (SSSR count). The van der Waals surface area contributed by atoms with Crippen LogP contribution in [0.3, 0.4) is 0 Å². The zero-order chi connectivity index (χ0) is 11.1. The van der Waals surface area contributed by atoms with Crippen LogP contribution in [0.5, 0.6) is 0 Å². The van der Waals surface area contributed by atoms with Crippen molar-refractivity contribution in [1.29, 1.82) is 0 Å². The first-order valence-corrected chi connectivity index (χ1v) is 5.87. The van der Waals surface area contributed by atoms with Gasteiger partial charge in [0, 0.05) is 7.11 Å². The summed E-state index contributed by atoms with van der Waals surface area (Å²) in [7, 11) is 1.75. The van der Waals surface area contributed by atoms with Crippen LogP contribution in [0.4, 0.5) is 0 Å². The molecule has 0 saturated carbocycles. The van der Waals surface area contributed by atoms with E-state index in [1.165, 1.54) is 0 Å². The van der Waals surface area contributed by atoms with Crippen molar-refractivity contribution < 1.29 is 9.47 Å². The molecule has 0 fully saturated rings. The van der Waals surface area contributed by atoms with E-state index in [-0.39, 0.29) is 6.10 Å². The Balaban J connectivity index is 2.51. The summed E-state index contributed by atoms with van der Waals surface area (Å²) in [5.74, 6) is 1.10. The zero-order valence-electron chi connectivity index (χ0n) is 10.1. The highest BCUT2D eigenvalue weighted by Crippen LogP contribution is 2.17. The fourth-order valence-electron chi connectivity index (χ4n) is 1.79. The third-order valence-electron chi connectivity index (χ3n) is 2.73. The molecule has 0 spiro atoms. The molecule has 2 unspecified atom stereocenters. The molecule has 1 aliphatic rings. The molecule has 0 saturated heterocycles. The number of hydrogen-bond acceptors (Lipinski definition) is 3. The first-order chi connectivity index (χ1) is 7.27. The summed E-state index contributed by atoms with van der Waals surface area (Å²) in [5.41, 5.74) is 0. The van der Waals surface area contributed by atoms with E-state index in [9.17, 15) is 0 Å². The summed E-state index contributed by atoms with van der Waals surface area (Å²) in [6.45, 7) is 6.03. The summed E-state index contributed by atoms with van der Waals surface area (Å²) in [5, 5.41) is 3.44. The van der Waals surface area contributed by atoms with Gasteiger partial charge in [-0.05, 0) is 38.8 Å². The molecule has 88 valence electrons. The molecule has 0 aromatic heterocycles. The maximum absolute atomic E-state index is 5.68. The maximum Gasteiger partial charge on any atom is 0.109 e. The number of hydrogen-bond donors (Lipinski definition) is 1. The van der Waals surface area contributed by atoms with Gasteiger partial charge < -0.3 is 14.8 Å². The van der Waals surface area contributed by atoms with Crippen molar-refractivity contribution in [3.05, 3.63) is 11.8 Å². The molecule has 1 N–H and O–H groups in total. The van der Waals surface area contributed by atoms with E-state index in [0.717, 1.165) is 38.2 Å². The van der Waals surface area contributed by atoms with Gasteiger partial charge in [-0.15, -0.1) is 0 Å². The van der Waals surface area contributed by atoms with Gasteiger partial charge in [-0.3, -0.25) is 0 Å². The van der Waals surface area contributed by atoms with Crippen LogP contribution in [0.25, 0.3) is 0 Å². The van der Waals surface area contributed by atoms with Gasteiger partial charge in [-0.1, -0.05) is 6.92 Å². The molecule has 3 heteroatoms. The number of rotatable bonds is 6. The molecule has 3 nitrogen and oxygen atoms in total.